The Labute approximate surface area is 154 Å². The maximum atomic E-state index is 13.1. The first-order valence-electron chi connectivity index (χ1n) is 8.44. The van der Waals surface area contributed by atoms with E-state index in [1.54, 1.807) is 9.80 Å². The summed E-state index contributed by atoms with van der Waals surface area (Å²) in [5.41, 5.74) is 1.56. The molecule has 2 aliphatic rings. The molecule has 0 radical (unpaired) electrons. The number of nitrogens with zero attached hydrogens (tertiary/aromatic N) is 3. The van der Waals surface area contributed by atoms with Crippen LogP contribution in [0.4, 0.5) is 0 Å². The minimum atomic E-state index is -0.608. The number of hydrogen-bond donors (Lipinski definition) is 1. The van der Waals surface area contributed by atoms with Crippen molar-refractivity contribution < 1.29 is 14.4 Å². The Balaban J connectivity index is 1.61. The van der Waals surface area contributed by atoms with Gasteiger partial charge in [-0.15, -0.1) is 11.3 Å². The van der Waals surface area contributed by atoms with Crippen LogP contribution in [-0.4, -0.2) is 64.7 Å². The summed E-state index contributed by atoms with van der Waals surface area (Å²) in [4.78, 5) is 45.5. The largest absolute Gasteiger partial charge is 0.345 e. The molecule has 3 amide bonds. The van der Waals surface area contributed by atoms with Gasteiger partial charge < -0.3 is 15.1 Å². The zero-order valence-corrected chi connectivity index (χ0v) is 15.1. The summed E-state index contributed by atoms with van der Waals surface area (Å²) in [5.74, 6) is -0.439. The number of rotatable bonds is 2. The van der Waals surface area contributed by atoms with E-state index in [-0.39, 0.29) is 30.8 Å². The van der Waals surface area contributed by atoms with Crippen molar-refractivity contribution in [1.82, 2.24) is 20.1 Å². The van der Waals surface area contributed by atoms with Gasteiger partial charge in [0.25, 0.3) is 5.91 Å². The van der Waals surface area contributed by atoms with E-state index in [4.69, 9.17) is 0 Å². The minimum absolute atomic E-state index is 0.0372. The smallest absolute Gasteiger partial charge is 0.266 e. The molecular weight excluding hydrogens is 352 g/mol. The lowest BCUT2D eigenvalue weighted by Gasteiger charge is -2.42. The fourth-order valence-electron chi connectivity index (χ4n) is 3.38. The number of thiazole rings is 1. The summed E-state index contributed by atoms with van der Waals surface area (Å²) in [6.07, 6.45) is 0. The average Bonchev–Trinajstić information content (AvgIpc) is 3.06. The number of aromatic nitrogens is 1. The van der Waals surface area contributed by atoms with Crippen LogP contribution in [0.3, 0.4) is 0 Å². The van der Waals surface area contributed by atoms with E-state index in [9.17, 15) is 14.4 Å². The Bertz CT molecular complexity index is 880. The second-order valence-electron chi connectivity index (χ2n) is 6.35. The van der Waals surface area contributed by atoms with Crippen molar-refractivity contribution in [3.63, 3.8) is 0 Å². The number of nitrogens with one attached hydrogen (secondary N) is 1. The van der Waals surface area contributed by atoms with Crippen molar-refractivity contribution in [3.05, 3.63) is 40.2 Å². The van der Waals surface area contributed by atoms with Gasteiger partial charge in [0, 0.05) is 18.7 Å². The lowest BCUT2D eigenvalue weighted by molar-refractivity contribution is -0.148. The Kier molecular flexibility index (Phi) is 4.20. The second kappa shape index (κ2) is 6.53. The summed E-state index contributed by atoms with van der Waals surface area (Å²) in [6.45, 7) is 2.91. The molecule has 1 aromatic carbocycles. The Morgan fingerprint density at radius 2 is 2.00 bits per heavy atom. The van der Waals surface area contributed by atoms with E-state index in [1.165, 1.54) is 11.3 Å². The molecule has 1 N–H and O–H groups in total. The molecule has 0 bridgehead atoms. The summed E-state index contributed by atoms with van der Waals surface area (Å²) in [6, 6.07) is 8.99. The molecular formula is C18H18N4O3S. The van der Waals surface area contributed by atoms with Crippen molar-refractivity contribution in [2.45, 2.75) is 13.0 Å². The molecule has 1 atom stereocenters. The first-order valence-corrected chi connectivity index (χ1v) is 9.25. The molecule has 0 spiro atoms. The SMILES string of the molecule is Cc1nc(-c2ccccc2)c(C(=O)N2CCN3C(=O)CNC(=O)[C@H]3C2)s1. The van der Waals surface area contributed by atoms with Crippen molar-refractivity contribution in [2.75, 3.05) is 26.2 Å². The Morgan fingerprint density at radius 1 is 1.23 bits per heavy atom. The van der Waals surface area contributed by atoms with Crippen LogP contribution in [-0.2, 0) is 9.59 Å². The van der Waals surface area contributed by atoms with Gasteiger partial charge in [0.2, 0.25) is 11.8 Å². The molecule has 4 rings (SSSR count). The number of hydrogen-bond acceptors (Lipinski definition) is 5. The number of benzene rings is 1. The molecule has 0 saturated carbocycles. The first-order chi connectivity index (χ1) is 12.5. The zero-order valence-electron chi connectivity index (χ0n) is 14.3. The molecule has 2 saturated heterocycles. The van der Waals surface area contributed by atoms with Gasteiger partial charge in [0.15, 0.2) is 0 Å². The van der Waals surface area contributed by atoms with Gasteiger partial charge in [-0.25, -0.2) is 4.98 Å². The van der Waals surface area contributed by atoms with Crippen LogP contribution in [0.25, 0.3) is 11.3 Å². The van der Waals surface area contributed by atoms with Crippen LogP contribution in [0, 0.1) is 6.92 Å². The predicted molar refractivity (Wildman–Crippen MR) is 96.7 cm³/mol. The van der Waals surface area contributed by atoms with Gasteiger partial charge in [0.1, 0.15) is 10.9 Å². The molecule has 1 aromatic heterocycles. The third-order valence-electron chi connectivity index (χ3n) is 4.68. The lowest BCUT2D eigenvalue weighted by atomic mass is 10.1. The fourth-order valence-corrected chi connectivity index (χ4v) is 4.29. The van der Waals surface area contributed by atoms with Gasteiger partial charge in [0.05, 0.1) is 23.8 Å². The highest BCUT2D eigenvalue weighted by Gasteiger charge is 2.40. The highest BCUT2D eigenvalue weighted by molar-refractivity contribution is 7.14. The highest BCUT2D eigenvalue weighted by Crippen LogP contribution is 2.30. The Hall–Kier alpha value is -2.74. The van der Waals surface area contributed by atoms with Crippen LogP contribution in [0.1, 0.15) is 14.7 Å². The first kappa shape index (κ1) is 16.7. The van der Waals surface area contributed by atoms with E-state index >= 15 is 0 Å². The van der Waals surface area contributed by atoms with Crippen molar-refractivity contribution in [3.8, 4) is 11.3 Å². The molecule has 7 nitrogen and oxygen atoms in total. The third-order valence-corrected chi connectivity index (χ3v) is 5.64. The zero-order chi connectivity index (χ0) is 18.3. The van der Waals surface area contributed by atoms with E-state index in [0.29, 0.717) is 23.7 Å². The second-order valence-corrected chi connectivity index (χ2v) is 7.55. The van der Waals surface area contributed by atoms with Crippen LogP contribution in [0.2, 0.25) is 0 Å². The molecule has 0 aliphatic carbocycles. The number of amides is 3. The number of carbonyl (C=O) groups is 3. The summed E-state index contributed by atoms with van der Waals surface area (Å²) in [7, 11) is 0. The van der Waals surface area contributed by atoms with Crippen LogP contribution in [0.5, 0.6) is 0 Å². The van der Waals surface area contributed by atoms with Gasteiger partial charge in [-0.3, -0.25) is 14.4 Å². The van der Waals surface area contributed by atoms with Gasteiger partial charge in [-0.1, -0.05) is 30.3 Å². The van der Waals surface area contributed by atoms with Crippen LogP contribution in [0.15, 0.2) is 30.3 Å². The number of fused-ring (bicyclic) bond motifs is 1. The Morgan fingerprint density at radius 3 is 2.77 bits per heavy atom. The van der Waals surface area contributed by atoms with E-state index in [1.807, 2.05) is 37.3 Å². The fraction of sp³-hybridized carbons (Fsp3) is 0.333. The quantitative estimate of drug-likeness (QED) is 0.852. The normalized spacial score (nSPS) is 20.0. The number of aryl methyl sites for hydroxylation is 1. The molecule has 2 aromatic rings. The molecule has 134 valence electrons. The maximum absolute atomic E-state index is 13.1. The number of carbonyl (C=O) groups excluding carboxylic acids is 3. The number of piperazine rings is 2. The topological polar surface area (TPSA) is 82.6 Å². The monoisotopic (exact) mass is 370 g/mol. The lowest BCUT2D eigenvalue weighted by Crippen LogP contribution is -2.66. The van der Waals surface area contributed by atoms with E-state index < -0.39 is 6.04 Å². The molecule has 8 heteroatoms. The van der Waals surface area contributed by atoms with Crippen molar-refractivity contribution >= 4 is 29.1 Å². The van der Waals surface area contributed by atoms with Gasteiger partial charge in [-0.2, -0.15) is 0 Å². The summed E-state index contributed by atoms with van der Waals surface area (Å²) < 4.78 is 0. The van der Waals surface area contributed by atoms with Crippen molar-refractivity contribution in [1.29, 1.82) is 0 Å². The van der Waals surface area contributed by atoms with Crippen molar-refractivity contribution in [2.24, 2.45) is 0 Å². The summed E-state index contributed by atoms with van der Waals surface area (Å²) in [5, 5.41) is 3.41. The highest BCUT2D eigenvalue weighted by atomic mass is 32.1. The minimum Gasteiger partial charge on any atom is -0.345 e. The van der Waals surface area contributed by atoms with Gasteiger partial charge >= 0.3 is 0 Å². The summed E-state index contributed by atoms with van der Waals surface area (Å²) >= 11 is 1.36. The molecule has 0 unspecified atom stereocenters. The van der Waals surface area contributed by atoms with Crippen LogP contribution >= 0.6 is 11.3 Å². The van der Waals surface area contributed by atoms with E-state index in [0.717, 1.165) is 10.6 Å². The third kappa shape index (κ3) is 2.86. The molecule has 3 heterocycles. The maximum Gasteiger partial charge on any atom is 0.266 e. The molecule has 26 heavy (non-hydrogen) atoms. The van der Waals surface area contributed by atoms with Gasteiger partial charge in [-0.05, 0) is 6.92 Å². The predicted octanol–water partition coefficient (Wildman–Crippen LogP) is 0.901. The molecule has 2 fully saturated rings. The van der Waals surface area contributed by atoms with Crippen LogP contribution < -0.4 is 5.32 Å². The molecule has 2 aliphatic heterocycles. The van der Waals surface area contributed by atoms with E-state index in [2.05, 4.69) is 10.3 Å². The standard InChI is InChI=1S/C18H18N4O3S/c1-11-20-15(12-5-3-2-4-6-12)16(26-11)18(25)21-7-8-22-13(10-21)17(24)19-9-14(22)23/h2-6,13H,7-10H2,1H3,(H,19,24)/t13-/m1/s1. The average molecular weight is 370 g/mol.